The second-order valence-electron chi connectivity index (χ2n) is 8.63. The highest BCUT2D eigenvalue weighted by molar-refractivity contribution is 6.31. The summed E-state index contributed by atoms with van der Waals surface area (Å²) in [6.07, 6.45) is 4.77. The maximum absolute atomic E-state index is 13.7. The lowest BCUT2D eigenvalue weighted by atomic mass is 9.91. The molecule has 0 bridgehead atoms. The van der Waals surface area contributed by atoms with Crippen molar-refractivity contribution >= 4 is 28.5 Å². The number of hydrogen-bond donors (Lipinski definition) is 1. The van der Waals surface area contributed by atoms with Crippen LogP contribution in [0.5, 0.6) is 0 Å². The number of carbonyl (C=O) groups excluding carboxylic acids is 1. The van der Waals surface area contributed by atoms with E-state index in [9.17, 15) is 9.18 Å². The Morgan fingerprint density at radius 1 is 1.15 bits per heavy atom. The van der Waals surface area contributed by atoms with Gasteiger partial charge in [-0.25, -0.2) is 9.18 Å². The Morgan fingerprint density at radius 2 is 1.88 bits per heavy atom. The maximum atomic E-state index is 13.7. The number of carbonyl (C=O) groups is 1. The summed E-state index contributed by atoms with van der Waals surface area (Å²) in [5.74, 6) is -0.287. The second-order valence-corrected chi connectivity index (χ2v) is 9.07. The van der Waals surface area contributed by atoms with Gasteiger partial charge in [0.05, 0.1) is 5.52 Å². The largest absolute Gasteiger partial charge is 0.357 e. The van der Waals surface area contributed by atoms with Crippen molar-refractivity contribution in [3.63, 3.8) is 0 Å². The van der Waals surface area contributed by atoms with Gasteiger partial charge in [0.15, 0.2) is 11.9 Å². The van der Waals surface area contributed by atoms with E-state index >= 15 is 0 Å². The minimum absolute atomic E-state index is 0.153. The third kappa shape index (κ3) is 3.41. The zero-order valence-electron chi connectivity index (χ0n) is 18.9. The molecule has 2 saturated heterocycles. The van der Waals surface area contributed by atoms with Crippen LogP contribution in [0.15, 0.2) is 48.7 Å². The molecule has 2 aliphatic rings. The van der Waals surface area contributed by atoms with Crippen LogP contribution in [-0.2, 0) is 10.4 Å². The van der Waals surface area contributed by atoms with E-state index in [0.29, 0.717) is 11.6 Å². The molecule has 3 aromatic rings. The highest BCUT2D eigenvalue weighted by atomic mass is 35.5. The summed E-state index contributed by atoms with van der Waals surface area (Å²) in [4.78, 5) is 17.4. The third-order valence-corrected chi connectivity index (χ3v) is 7.17. The topological polar surface area (TPSA) is 49.7 Å². The second kappa shape index (κ2) is 8.63. The zero-order chi connectivity index (χ0) is 23.2. The number of rotatable bonds is 5. The van der Waals surface area contributed by atoms with Crippen LogP contribution in [0.25, 0.3) is 16.6 Å². The highest BCUT2D eigenvalue weighted by Crippen LogP contribution is 2.46. The number of hydrogen-bond acceptors (Lipinski definition) is 3. The number of amides is 2. The van der Waals surface area contributed by atoms with Gasteiger partial charge < -0.3 is 14.6 Å². The first-order valence-electron chi connectivity index (χ1n) is 11.4. The van der Waals surface area contributed by atoms with Gasteiger partial charge in [0, 0.05) is 54.6 Å². The molecule has 2 fully saturated rings. The molecule has 0 radical (unpaired) electrons. The van der Waals surface area contributed by atoms with Crippen LogP contribution in [0.3, 0.4) is 0 Å². The van der Waals surface area contributed by atoms with E-state index in [1.54, 1.807) is 19.2 Å². The molecule has 1 aromatic heterocycles. The number of piperidine rings is 1. The Bertz CT molecular complexity index is 1180. The van der Waals surface area contributed by atoms with Crippen LogP contribution >= 0.6 is 11.6 Å². The molecule has 33 heavy (non-hydrogen) atoms. The lowest BCUT2D eigenvalue weighted by Gasteiger charge is -2.49. The van der Waals surface area contributed by atoms with Gasteiger partial charge >= 0.3 is 6.03 Å². The number of nitrogens with zero attached hydrogens (tertiary/aromatic N) is 3. The van der Waals surface area contributed by atoms with Crippen molar-refractivity contribution < 1.29 is 13.9 Å². The first kappa shape index (κ1) is 22.2. The van der Waals surface area contributed by atoms with Crippen LogP contribution < -0.4 is 5.32 Å². The Morgan fingerprint density at radius 3 is 2.55 bits per heavy atom. The van der Waals surface area contributed by atoms with Crippen molar-refractivity contribution in [3.05, 3.63) is 65.1 Å². The molecule has 2 aliphatic heterocycles. The van der Waals surface area contributed by atoms with Crippen LogP contribution in [-0.4, -0.2) is 53.4 Å². The summed E-state index contributed by atoms with van der Waals surface area (Å²) in [7, 11) is 1.63. The molecule has 0 aliphatic carbocycles. The number of methoxy groups -OCH3 is 1. The number of ether oxygens (including phenoxy) is 1. The van der Waals surface area contributed by atoms with Gasteiger partial charge in [0.25, 0.3) is 0 Å². The van der Waals surface area contributed by atoms with Gasteiger partial charge in [-0.15, -0.1) is 0 Å². The van der Waals surface area contributed by atoms with Crippen molar-refractivity contribution in [2.45, 2.75) is 38.1 Å². The van der Waals surface area contributed by atoms with Crippen LogP contribution in [0, 0.1) is 5.82 Å². The summed E-state index contributed by atoms with van der Waals surface area (Å²) >= 11 is 6.47. The Labute approximate surface area is 197 Å². The van der Waals surface area contributed by atoms with Gasteiger partial charge in [-0.1, -0.05) is 18.0 Å². The highest BCUT2D eigenvalue weighted by Gasteiger charge is 2.59. The average molecular weight is 471 g/mol. The number of halogens is 2. The van der Waals surface area contributed by atoms with E-state index < -0.39 is 11.9 Å². The van der Waals surface area contributed by atoms with Crippen molar-refractivity contribution in [2.24, 2.45) is 0 Å². The monoisotopic (exact) mass is 470 g/mol. The quantitative estimate of drug-likeness (QED) is 0.565. The van der Waals surface area contributed by atoms with E-state index in [1.165, 1.54) is 18.6 Å². The first-order chi connectivity index (χ1) is 16.0. The van der Waals surface area contributed by atoms with Crippen LogP contribution in [0.2, 0.25) is 5.02 Å². The molecule has 0 saturated carbocycles. The number of likely N-dealkylation sites (tertiary alicyclic amines) is 1. The van der Waals surface area contributed by atoms with Crippen LogP contribution in [0.4, 0.5) is 9.18 Å². The van der Waals surface area contributed by atoms with Gasteiger partial charge in [0.2, 0.25) is 0 Å². The minimum Gasteiger partial charge on any atom is -0.357 e. The molecular formula is C25H28ClFN4O2. The fraction of sp³-hybridized carbons (Fsp3) is 0.400. The average Bonchev–Trinajstić information content (AvgIpc) is 3.34. The van der Waals surface area contributed by atoms with Crippen molar-refractivity contribution in [1.29, 1.82) is 0 Å². The summed E-state index contributed by atoms with van der Waals surface area (Å²) in [6, 6.07) is 12.0. The van der Waals surface area contributed by atoms with Crippen molar-refractivity contribution in [3.8, 4) is 5.69 Å². The Kier molecular flexibility index (Phi) is 5.80. The lowest BCUT2D eigenvalue weighted by Crippen LogP contribution is -2.62. The van der Waals surface area contributed by atoms with E-state index in [-0.39, 0.29) is 11.8 Å². The SMILES string of the molecule is CCN1C(=O)NC(OC)C1(c1cn(-c2ccc(F)cc2)c2ccc(Cl)cc12)N1CCCCC1. The van der Waals surface area contributed by atoms with E-state index in [1.807, 2.05) is 34.6 Å². The van der Waals surface area contributed by atoms with Crippen molar-refractivity contribution in [2.75, 3.05) is 26.7 Å². The summed E-state index contributed by atoms with van der Waals surface area (Å²) < 4.78 is 21.6. The standard InChI is InChI=1S/C25H28ClFN4O2/c1-3-31-24(32)28-23(33-2)25(31,29-13-5-4-6-14-29)21-16-30(19-10-8-18(27)9-11-19)22-12-7-17(26)15-20(21)22/h7-12,15-16,23H,3-6,13-14H2,1-2H3,(H,28,32). The fourth-order valence-electron chi connectivity index (χ4n) is 5.53. The first-order valence-corrected chi connectivity index (χ1v) is 11.8. The number of aromatic nitrogens is 1. The van der Waals surface area contributed by atoms with E-state index in [0.717, 1.165) is 48.1 Å². The molecule has 1 N–H and O–H groups in total. The van der Waals surface area contributed by atoms with Crippen LogP contribution in [0.1, 0.15) is 31.7 Å². The molecule has 2 atom stereocenters. The van der Waals surface area contributed by atoms with E-state index in [2.05, 4.69) is 16.4 Å². The molecule has 2 aromatic carbocycles. The van der Waals surface area contributed by atoms with Gasteiger partial charge in [0.1, 0.15) is 5.82 Å². The molecular weight excluding hydrogens is 443 g/mol. The number of nitrogens with one attached hydrogen (secondary N) is 1. The lowest BCUT2D eigenvalue weighted by molar-refractivity contribution is -0.117. The van der Waals surface area contributed by atoms with Gasteiger partial charge in [-0.2, -0.15) is 0 Å². The fourth-order valence-corrected chi connectivity index (χ4v) is 5.71. The molecule has 5 rings (SSSR count). The number of fused-ring (bicyclic) bond motifs is 1. The molecule has 6 nitrogen and oxygen atoms in total. The number of likely N-dealkylation sites (N-methyl/N-ethyl adjacent to an activating group) is 1. The molecule has 2 amide bonds. The summed E-state index contributed by atoms with van der Waals surface area (Å²) in [6.45, 7) is 4.22. The van der Waals surface area contributed by atoms with E-state index in [4.69, 9.17) is 16.3 Å². The summed E-state index contributed by atoms with van der Waals surface area (Å²) in [5.41, 5.74) is 1.87. The molecule has 174 valence electrons. The third-order valence-electron chi connectivity index (χ3n) is 6.93. The Hall–Kier alpha value is -2.61. The normalized spacial score (nSPS) is 23.9. The minimum atomic E-state index is -0.838. The molecule has 8 heteroatoms. The number of urea groups is 1. The smallest absolute Gasteiger partial charge is 0.321 e. The number of benzene rings is 2. The summed E-state index contributed by atoms with van der Waals surface area (Å²) in [5, 5.41) is 4.61. The molecule has 2 unspecified atom stereocenters. The predicted molar refractivity (Wildman–Crippen MR) is 127 cm³/mol. The predicted octanol–water partition coefficient (Wildman–Crippen LogP) is 5.08. The molecule has 0 spiro atoms. The van der Waals surface area contributed by atoms with Crippen molar-refractivity contribution in [1.82, 2.24) is 19.7 Å². The Balaban J connectivity index is 1.82. The molecule has 3 heterocycles. The zero-order valence-corrected chi connectivity index (χ0v) is 19.6. The van der Waals surface area contributed by atoms with Gasteiger partial charge in [-0.05, 0) is 62.2 Å². The maximum Gasteiger partial charge on any atom is 0.321 e. The van der Waals surface area contributed by atoms with Gasteiger partial charge in [-0.3, -0.25) is 9.80 Å².